The van der Waals surface area contributed by atoms with Crippen LogP contribution in [0.3, 0.4) is 0 Å². The fourth-order valence-electron chi connectivity index (χ4n) is 1.33. The van der Waals surface area contributed by atoms with E-state index in [9.17, 15) is 0 Å². The van der Waals surface area contributed by atoms with Gasteiger partial charge in [-0.3, -0.25) is 0 Å². The minimum absolute atomic E-state index is 0.657. The molecule has 0 radical (unpaired) electrons. The Balaban J connectivity index is 2.59. The van der Waals surface area contributed by atoms with E-state index in [2.05, 4.69) is 32.6 Å². The number of allylic oxidation sites excluding steroid dienone is 3. The summed E-state index contributed by atoms with van der Waals surface area (Å²) >= 11 is 0. The summed E-state index contributed by atoms with van der Waals surface area (Å²) in [5, 5.41) is 0. The molecule has 0 saturated carbocycles. The van der Waals surface area contributed by atoms with Crippen molar-refractivity contribution in [1.29, 1.82) is 0 Å². The van der Waals surface area contributed by atoms with Crippen molar-refractivity contribution in [3.63, 3.8) is 0 Å². The van der Waals surface area contributed by atoms with Crippen molar-refractivity contribution in [2.75, 3.05) is 0 Å². The van der Waals surface area contributed by atoms with Crippen LogP contribution in [-0.4, -0.2) is 0 Å². The summed E-state index contributed by atoms with van der Waals surface area (Å²) in [5.41, 5.74) is 1.38. The third kappa shape index (κ3) is 1.24. The fourth-order valence-corrected chi connectivity index (χ4v) is 1.33. The van der Waals surface area contributed by atoms with E-state index in [1.54, 1.807) is 0 Å². The van der Waals surface area contributed by atoms with Crippen LogP contribution in [0.15, 0.2) is 24.3 Å². The van der Waals surface area contributed by atoms with E-state index >= 15 is 0 Å². The zero-order chi connectivity index (χ0) is 6.85. The zero-order valence-corrected chi connectivity index (χ0v) is 6.22. The van der Waals surface area contributed by atoms with Gasteiger partial charge in [0.15, 0.2) is 0 Å². The molecule has 9 heavy (non-hydrogen) atoms. The standard InChI is InChI=1S/C9H14/c1-7(2)9-6-4-5-8(9)3/h4,6-7,9H,3,5H2,1-2H3/t9-/m0/s1. The first kappa shape index (κ1) is 6.60. The topological polar surface area (TPSA) is 0 Å². The number of rotatable bonds is 1. The van der Waals surface area contributed by atoms with Gasteiger partial charge in [0.25, 0.3) is 0 Å². The summed E-state index contributed by atoms with van der Waals surface area (Å²) in [6, 6.07) is 0. The third-order valence-electron chi connectivity index (χ3n) is 1.91. The van der Waals surface area contributed by atoms with Gasteiger partial charge in [0.05, 0.1) is 0 Å². The van der Waals surface area contributed by atoms with Crippen molar-refractivity contribution < 1.29 is 0 Å². The maximum atomic E-state index is 3.99. The molecule has 0 nitrogen and oxygen atoms in total. The highest BCUT2D eigenvalue weighted by Crippen LogP contribution is 2.28. The summed E-state index contributed by atoms with van der Waals surface area (Å²) in [6.07, 6.45) is 5.59. The molecule has 0 aromatic heterocycles. The van der Waals surface area contributed by atoms with Crippen LogP contribution in [0.4, 0.5) is 0 Å². The average molecular weight is 122 g/mol. The van der Waals surface area contributed by atoms with Gasteiger partial charge in [-0.05, 0) is 12.3 Å². The maximum absolute atomic E-state index is 3.99. The second-order valence-electron chi connectivity index (χ2n) is 3.06. The smallest absolute Gasteiger partial charge is 0.0000277 e. The lowest BCUT2D eigenvalue weighted by atomic mass is 9.92. The highest BCUT2D eigenvalue weighted by atomic mass is 14.2. The second kappa shape index (κ2) is 2.38. The van der Waals surface area contributed by atoms with Crippen molar-refractivity contribution in [2.24, 2.45) is 11.8 Å². The molecular weight excluding hydrogens is 108 g/mol. The molecule has 0 spiro atoms. The Morgan fingerprint density at radius 1 is 1.67 bits per heavy atom. The van der Waals surface area contributed by atoms with Gasteiger partial charge in [-0.2, -0.15) is 0 Å². The van der Waals surface area contributed by atoms with Crippen molar-refractivity contribution in [1.82, 2.24) is 0 Å². The molecule has 1 aliphatic rings. The minimum Gasteiger partial charge on any atom is -0.0989 e. The maximum Gasteiger partial charge on any atom is 0.0000277 e. The molecule has 0 fully saturated rings. The molecule has 0 aromatic rings. The Bertz CT molecular complexity index is 140. The van der Waals surface area contributed by atoms with Gasteiger partial charge in [0.2, 0.25) is 0 Å². The van der Waals surface area contributed by atoms with Crippen LogP contribution in [0, 0.1) is 11.8 Å². The van der Waals surface area contributed by atoms with E-state index in [1.165, 1.54) is 5.57 Å². The Labute approximate surface area is 57.3 Å². The third-order valence-corrected chi connectivity index (χ3v) is 1.91. The van der Waals surface area contributed by atoms with Gasteiger partial charge < -0.3 is 0 Å². The molecule has 0 unspecified atom stereocenters. The zero-order valence-electron chi connectivity index (χ0n) is 6.22. The van der Waals surface area contributed by atoms with Crippen LogP contribution in [0.2, 0.25) is 0 Å². The van der Waals surface area contributed by atoms with E-state index < -0.39 is 0 Å². The summed E-state index contributed by atoms with van der Waals surface area (Å²) in [4.78, 5) is 0. The van der Waals surface area contributed by atoms with Crippen molar-refractivity contribution in [3.05, 3.63) is 24.3 Å². The Morgan fingerprint density at radius 3 is 2.56 bits per heavy atom. The molecule has 0 N–H and O–H groups in total. The molecule has 0 bridgehead atoms. The van der Waals surface area contributed by atoms with Crippen LogP contribution < -0.4 is 0 Å². The van der Waals surface area contributed by atoms with Gasteiger partial charge in [-0.15, -0.1) is 0 Å². The number of hydrogen-bond acceptors (Lipinski definition) is 0. The van der Waals surface area contributed by atoms with Crippen LogP contribution in [0.5, 0.6) is 0 Å². The quantitative estimate of drug-likeness (QED) is 0.469. The monoisotopic (exact) mass is 122 g/mol. The fraction of sp³-hybridized carbons (Fsp3) is 0.556. The van der Waals surface area contributed by atoms with E-state index in [0.29, 0.717) is 5.92 Å². The Hall–Kier alpha value is -0.520. The van der Waals surface area contributed by atoms with Gasteiger partial charge in [-0.1, -0.05) is 38.2 Å². The molecule has 50 valence electrons. The van der Waals surface area contributed by atoms with E-state index in [1.807, 2.05) is 0 Å². The molecule has 0 aromatic carbocycles. The molecule has 1 aliphatic carbocycles. The van der Waals surface area contributed by atoms with E-state index in [4.69, 9.17) is 0 Å². The molecular formula is C9H14. The lowest BCUT2D eigenvalue weighted by Gasteiger charge is -2.13. The van der Waals surface area contributed by atoms with Crippen molar-refractivity contribution >= 4 is 0 Å². The summed E-state index contributed by atoms with van der Waals surface area (Å²) in [7, 11) is 0. The van der Waals surface area contributed by atoms with Crippen LogP contribution in [0.25, 0.3) is 0 Å². The van der Waals surface area contributed by atoms with Crippen LogP contribution in [-0.2, 0) is 0 Å². The molecule has 1 rings (SSSR count). The highest BCUT2D eigenvalue weighted by molar-refractivity contribution is 5.20. The summed E-state index contributed by atoms with van der Waals surface area (Å²) < 4.78 is 0. The largest absolute Gasteiger partial charge is 0.0989 e. The van der Waals surface area contributed by atoms with Crippen molar-refractivity contribution in [2.45, 2.75) is 20.3 Å². The molecule has 0 aliphatic heterocycles. The SMILES string of the molecule is C=C1CC=C[C@H]1C(C)C. The van der Waals surface area contributed by atoms with E-state index in [0.717, 1.165) is 12.3 Å². The lowest BCUT2D eigenvalue weighted by Crippen LogP contribution is -2.03. The molecule has 0 amide bonds. The Morgan fingerprint density at radius 2 is 2.33 bits per heavy atom. The van der Waals surface area contributed by atoms with Gasteiger partial charge in [0.1, 0.15) is 0 Å². The van der Waals surface area contributed by atoms with Gasteiger partial charge in [0, 0.05) is 5.92 Å². The second-order valence-corrected chi connectivity index (χ2v) is 3.06. The molecule has 1 atom stereocenters. The average Bonchev–Trinajstić information content (AvgIpc) is 2.13. The first-order chi connectivity index (χ1) is 4.22. The first-order valence-corrected chi connectivity index (χ1v) is 3.56. The normalized spacial score (nSPS) is 26.1. The van der Waals surface area contributed by atoms with Crippen LogP contribution in [0.1, 0.15) is 20.3 Å². The highest BCUT2D eigenvalue weighted by Gasteiger charge is 2.16. The predicted octanol–water partition coefficient (Wildman–Crippen LogP) is 2.77. The summed E-state index contributed by atoms with van der Waals surface area (Å²) in [6.45, 7) is 8.48. The lowest BCUT2D eigenvalue weighted by molar-refractivity contribution is 0.534. The number of hydrogen-bond donors (Lipinski definition) is 0. The first-order valence-electron chi connectivity index (χ1n) is 3.56. The van der Waals surface area contributed by atoms with Crippen molar-refractivity contribution in [3.8, 4) is 0 Å². The summed E-state index contributed by atoms with van der Waals surface area (Å²) in [5.74, 6) is 1.39. The minimum atomic E-state index is 0.657. The molecule has 0 heteroatoms. The van der Waals surface area contributed by atoms with Crippen LogP contribution >= 0.6 is 0 Å². The molecule has 0 saturated heterocycles. The Kier molecular flexibility index (Phi) is 1.75. The molecule has 0 heterocycles. The van der Waals surface area contributed by atoms with E-state index in [-0.39, 0.29) is 0 Å². The predicted molar refractivity (Wildman–Crippen MR) is 41.2 cm³/mol. The van der Waals surface area contributed by atoms with Gasteiger partial charge >= 0.3 is 0 Å². The van der Waals surface area contributed by atoms with Gasteiger partial charge in [-0.25, -0.2) is 0 Å².